The number of hydrogen-bond acceptors (Lipinski definition) is 2. The van der Waals surface area contributed by atoms with Crippen molar-refractivity contribution in [2.75, 3.05) is 20.3 Å². The Morgan fingerprint density at radius 2 is 1.78 bits per heavy atom. The van der Waals surface area contributed by atoms with Crippen LogP contribution in [-0.4, -0.2) is 20.3 Å². The fraction of sp³-hybridized carbons (Fsp3) is 0.600. The number of benzene rings is 1. The van der Waals surface area contributed by atoms with E-state index in [1.54, 1.807) is 12.1 Å². The maximum absolute atomic E-state index is 13.4. The Morgan fingerprint density at radius 3 is 2.28 bits per heavy atom. The molecule has 0 bridgehead atoms. The van der Waals surface area contributed by atoms with Gasteiger partial charge in [0.15, 0.2) is 0 Å². The third kappa shape index (κ3) is 2.73. The Hall–Kier alpha value is -0.930. The van der Waals surface area contributed by atoms with Crippen LogP contribution < -0.4 is 5.32 Å². The van der Waals surface area contributed by atoms with Crippen molar-refractivity contribution in [3.8, 4) is 0 Å². The first kappa shape index (κ1) is 13.5. The molecular weight excluding hydrogens is 229 g/mol. The fourth-order valence-electron chi connectivity index (χ4n) is 3.08. The normalized spacial score (nSPS) is 18.9. The van der Waals surface area contributed by atoms with Gasteiger partial charge in [-0.2, -0.15) is 0 Å². The molecule has 1 fully saturated rings. The Bertz CT molecular complexity index is 390. The van der Waals surface area contributed by atoms with Crippen molar-refractivity contribution in [1.29, 1.82) is 0 Å². The van der Waals surface area contributed by atoms with Crippen molar-refractivity contribution in [1.82, 2.24) is 5.32 Å². The smallest absolute Gasteiger partial charge is 0.123 e. The standard InChI is InChI=1S/C15H22FNO/c1-10-8-13(16)9-11(2)14(10)15(17-3)12-4-6-18-7-5-12/h8-9,12,15,17H,4-7H2,1-3H3. The summed E-state index contributed by atoms with van der Waals surface area (Å²) in [5.41, 5.74) is 3.34. The molecular formula is C15H22FNO. The Morgan fingerprint density at radius 1 is 1.22 bits per heavy atom. The summed E-state index contributed by atoms with van der Waals surface area (Å²) in [6.07, 6.45) is 2.14. The van der Waals surface area contributed by atoms with Gasteiger partial charge in [0, 0.05) is 19.3 Å². The highest BCUT2D eigenvalue weighted by molar-refractivity contribution is 5.37. The highest BCUT2D eigenvalue weighted by Crippen LogP contribution is 2.33. The lowest BCUT2D eigenvalue weighted by molar-refractivity contribution is 0.0544. The molecule has 18 heavy (non-hydrogen) atoms. The first-order valence-corrected chi connectivity index (χ1v) is 6.65. The third-order valence-corrected chi connectivity index (χ3v) is 3.92. The summed E-state index contributed by atoms with van der Waals surface area (Å²) >= 11 is 0. The van der Waals surface area contributed by atoms with Crippen LogP contribution in [0.3, 0.4) is 0 Å². The summed E-state index contributed by atoms with van der Waals surface area (Å²) < 4.78 is 18.8. The first-order valence-electron chi connectivity index (χ1n) is 6.65. The predicted molar refractivity (Wildman–Crippen MR) is 71.2 cm³/mol. The zero-order chi connectivity index (χ0) is 13.1. The topological polar surface area (TPSA) is 21.3 Å². The molecule has 1 saturated heterocycles. The SMILES string of the molecule is CNC(c1c(C)cc(F)cc1C)C1CCOCC1. The highest BCUT2D eigenvalue weighted by Gasteiger charge is 2.26. The van der Waals surface area contributed by atoms with Crippen molar-refractivity contribution in [2.24, 2.45) is 5.92 Å². The molecule has 1 unspecified atom stereocenters. The van der Waals surface area contributed by atoms with Crippen LogP contribution in [0.15, 0.2) is 12.1 Å². The van der Waals surface area contributed by atoms with Crippen molar-refractivity contribution in [3.05, 3.63) is 34.6 Å². The molecule has 1 aliphatic heterocycles. The van der Waals surface area contributed by atoms with Gasteiger partial charge in [0.1, 0.15) is 5.82 Å². The van der Waals surface area contributed by atoms with Crippen LogP contribution in [0.5, 0.6) is 0 Å². The lowest BCUT2D eigenvalue weighted by atomic mass is 9.83. The molecule has 1 N–H and O–H groups in total. The van der Waals surface area contributed by atoms with E-state index in [0.29, 0.717) is 12.0 Å². The van der Waals surface area contributed by atoms with Crippen LogP contribution in [0.4, 0.5) is 4.39 Å². The lowest BCUT2D eigenvalue weighted by Crippen LogP contribution is -2.31. The van der Waals surface area contributed by atoms with Gasteiger partial charge in [0.25, 0.3) is 0 Å². The van der Waals surface area contributed by atoms with E-state index in [9.17, 15) is 4.39 Å². The quantitative estimate of drug-likeness (QED) is 0.891. The summed E-state index contributed by atoms with van der Waals surface area (Å²) in [5.74, 6) is 0.433. The largest absolute Gasteiger partial charge is 0.381 e. The molecule has 1 heterocycles. The minimum absolute atomic E-state index is 0.143. The van der Waals surface area contributed by atoms with Crippen LogP contribution in [0.1, 0.15) is 35.6 Å². The number of halogens is 1. The summed E-state index contributed by atoms with van der Waals surface area (Å²) in [6.45, 7) is 5.66. The summed E-state index contributed by atoms with van der Waals surface area (Å²) in [5, 5.41) is 3.41. The monoisotopic (exact) mass is 251 g/mol. The molecule has 2 rings (SSSR count). The van der Waals surface area contributed by atoms with E-state index in [-0.39, 0.29) is 5.82 Å². The highest BCUT2D eigenvalue weighted by atomic mass is 19.1. The Kier molecular flexibility index (Phi) is 4.36. The molecule has 0 radical (unpaired) electrons. The van der Waals surface area contributed by atoms with E-state index in [1.165, 1.54) is 5.56 Å². The summed E-state index contributed by atoms with van der Waals surface area (Å²) in [7, 11) is 1.99. The van der Waals surface area contributed by atoms with Gasteiger partial charge in [-0.15, -0.1) is 0 Å². The molecule has 0 aliphatic carbocycles. The minimum atomic E-state index is -0.143. The molecule has 100 valence electrons. The molecule has 2 nitrogen and oxygen atoms in total. The maximum atomic E-state index is 13.4. The van der Waals surface area contributed by atoms with E-state index in [2.05, 4.69) is 5.32 Å². The molecule has 1 atom stereocenters. The molecule has 0 amide bonds. The summed E-state index contributed by atoms with van der Waals surface area (Å²) in [4.78, 5) is 0. The molecule has 1 aromatic rings. The predicted octanol–water partition coefficient (Wildman–Crippen LogP) is 3.13. The van der Waals surface area contributed by atoms with Crippen molar-refractivity contribution in [2.45, 2.75) is 32.7 Å². The fourth-order valence-corrected chi connectivity index (χ4v) is 3.08. The molecule has 1 aliphatic rings. The average molecular weight is 251 g/mol. The second-order valence-electron chi connectivity index (χ2n) is 5.17. The van der Waals surface area contributed by atoms with E-state index in [4.69, 9.17) is 4.74 Å². The molecule has 0 spiro atoms. The minimum Gasteiger partial charge on any atom is -0.381 e. The van der Waals surface area contributed by atoms with Crippen LogP contribution in [0.25, 0.3) is 0 Å². The van der Waals surface area contributed by atoms with Gasteiger partial charge in [-0.1, -0.05) is 0 Å². The zero-order valence-corrected chi connectivity index (χ0v) is 11.4. The van der Waals surface area contributed by atoms with E-state index >= 15 is 0 Å². The molecule has 0 saturated carbocycles. The van der Waals surface area contributed by atoms with E-state index in [1.807, 2.05) is 20.9 Å². The zero-order valence-electron chi connectivity index (χ0n) is 11.4. The van der Waals surface area contributed by atoms with Crippen LogP contribution >= 0.6 is 0 Å². The van der Waals surface area contributed by atoms with Crippen molar-refractivity contribution >= 4 is 0 Å². The first-order chi connectivity index (χ1) is 8.63. The van der Waals surface area contributed by atoms with Crippen LogP contribution in [-0.2, 0) is 4.74 Å². The molecule has 1 aromatic carbocycles. The average Bonchev–Trinajstić information content (AvgIpc) is 2.34. The van der Waals surface area contributed by atoms with Gasteiger partial charge in [0.2, 0.25) is 0 Å². The number of ether oxygens (including phenoxy) is 1. The van der Waals surface area contributed by atoms with E-state index in [0.717, 1.165) is 37.2 Å². The van der Waals surface area contributed by atoms with Crippen molar-refractivity contribution < 1.29 is 9.13 Å². The van der Waals surface area contributed by atoms with Crippen molar-refractivity contribution in [3.63, 3.8) is 0 Å². The van der Waals surface area contributed by atoms with Crippen LogP contribution in [0, 0.1) is 25.6 Å². The van der Waals surface area contributed by atoms with Gasteiger partial charge in [0.05, 0.1) is 0 Å². The summed E-state index contributed by atoms with van der Waals surface area (Å²) in [6, 6.07) is 3.56. The number of nitrogens with one attached hydrogen (secondary N) is 1. The second-order valence-corrected chi connectivity index (χ2v) is 5.17. The third-order valence-electron chi connectivity index (χ3n) is 3.92. The lowest BCUT2D eigenvalue weighted by Gasteiger charge is -2.32. The van der Waals surface area contributed by atoms with Gasteiger partial charge < -0.3 is 10.1 Å². The van der Waals surface area contributed by atoms with Gasteiger partial charge in [-0.3, -0.25) is 0 Å². The molecule has 3 heteroatoms. The number of rotatable bonds is 3. The Balaban J connectivity index is 2.32. The number of aryl methyl sites for hydroxylation is 2. The maximum Gasteiger partial charge on any atom is 0.123 e. The van der Waals surface area contributed by atoms with Gasteiger partial charge in [-0.25, -0.2) is 4.39 Å². The van der Waals surface area contributed by atoms with Gasteiger partial charge in [-0.05, 0) is 68.5 Å². The Labute approximate surface area is 109 Å². The van der Waals surface area contributed by atoms with E-state index < -0.39 is 0 Å². The molecule has 0 aromatic heterocycles. The number of hydrogen-bond donors (Lipinski definition) is 1. The van der Waals surface area contributed by atoms with Crippen LogP contribution in [0.2, 0.25) is 0 Å². The second kappa shape index (κ2) is 5.81. The van der Waals surface area contributed by atoms with Gasteiger partial charge >= 0.3 is 0 Å².